The molecule has 0 aliphatic heterocycles. The minimum absolute atomic E-state index is 0.0413. The summed E-state index contributed by atoms with van der Waals surface area (Å²) in [6.45, 7) is 2.41. The normalized spacial score (nSPS) is 11.9. The van der Waals surface area contributed by atoms with Gasteiger partial charge in [0.15, 0.2) is 0 Å². The lowest BCUT2D eigenvalue weighted by Gasteiger charge is -2.12. The molecule has 0 spiro atoms. The maximum Gasteiger partial charge on any atom is 0.233 e. The molecule has 25 heavy (non-hydrogen) atoms. The summed E-state index contributed by atoms with van der Waals surface area (Å²) in [5, 5.41) is 2.87. The van der Waals surface area contributed by atoms with Crippen LogP contribution in [-0.4, -0.2) is 25.7 Å². The van der Waals surface area contributed by atoms with Gasteiger partial charge >= 0.3 is 0 Å². The number of pyridine rings is 1. The van der Waals surface area contributed by atoms with Gasteiger partial charge in [-0.1, -0.05) is 36.4 Å². The second-order valence-electron chi connectivity index (χ2n) is 5.65. The van der Waals surface area contributed by atoms with Crippen LogP contribution in [0.15, 0.2) is 67.4 Å². The molecule has 0 aliphatic rings. The standard InChI is InChI=1S/C19H20N4OS/c1-15(25-13-16-5-3-2-4-6-16)19(24)22-12-17-7-8-18(21-11-17)23-10-9-20-14-23/h2-11,14-15H,12-13H2,1H3,(H,22,24)/t15-/m1/s1. The van der Waals surface area contributed by atoms with Gasteiger partial charge in [-0.15, -0.1) is 11.8 Å². The summed E-state index contributed by atoms with van der Waals surface area (Å²) in [7, 11) is 0. The number of carbonyl (C=O) groups is 1. The number of aromatic nitrogens is 3. The molecular formula is C19H20N4OS. The van der Waals surface area contributed by atoms with Gasteiger partial charge in [-0.05, 0) is 24.1 Å². The van der Waals surface area contributed by atoms with Crippen LogP contribution in [0.25, 0.3) is 5.82 Å². The number of benzene rings is 1. The van der Waals surface area contributed by atoms with E-state index in [9.17, 15) is 4.79 Å². The molecule has 0 fully saturated rings. The first kappa shape index (κ1) is 17.2. The first-order valence-corrected chi connectivity index (χ1v) is 9.14. The van der Waals surface area contributed by atoms with E-state index in [1.807, 2.05) is 48.0 Å². The molecule has 0 aliphatic carbocycles. The van der Waals surface area contributed by atoms with Gasteiger partial charge in [0, 0.05) is 30.9 Å². The molecule has 0 saturated carbocycles. The monoisotopic (exact) mass is 352 g/mol. The average molecular weight is 352 g/mol. The molecule has 1 atom stereocenters. The third kappa shape index (κ3) is 4.93. The summed E-state index contributed by atoms with van der Waals surface area (Å²) in [4.78, 5) is 20.6. The summed E-state index contributed by atoms with van der Waals surface area (Å²) in [5.74, 6) is 1.68. The van der Waals surface area contributed by atoms with Crippen molar-refractivity contribution in [1.82, 2.24) is 19.9 Å². The second-order valence-corrected chi connectivity index (χ2v) is 6.98. The zero-order valence-corrected chi connectivity index (χ0v) is 14.8. The van der Waals surface area contributed by atoms with Crippen LogP contribution < -0.4 is 5.32 Å². The maximum atomic E-state index is 12.2. The quantitative estimate of drug-likeness (QED) is 0.709. The van der Waals surface area contributed by atoms with Crippen LogP contribution in [0.5, 0.6) is 0 Å². The van der Waals surface area contributed by atoms with Crippen LogP contribution in [0.4, 0.5) is 0 Å². The number of nitrogens with zero attached hydrogens (tertiary/aromatic N) is 3. The Hall–Kier alpha value is -2.60. The van der Waals surface area contributed by atoms with Gasteiger partial charge in [-0.2, -0.15) is 0 Å². The van der Waals surface area contributed by atoms with Crippen LogP contribution in [0.3, 0.4) is 0 Å². The lowest BCUT2D eigenvalue weighted by Crippen LogP contribution is -2.30. The fourth-order valence-electron chi connectivity index (χ4n) is 2.27. The number of nitrogens with one attached hydrogen (secondary N) is 1. The predicted molar refractivity (Wildman–Crippen MR) is 100 cm³/mol. The van der Waals surface area contributed by atoms with E-state index >= 15 is 0 Å². The van der Waals surface area contributed by atoms with Gasteiger partial charge in [-0.3, -0.25) is 9.36 Å². The maximum absolute atomic E-state index is 12.2. The van der Waals surface area contributed by atoms with Gasteiger partial charge in [0.2, 0.25) is 5.91 Å². The predicted octanol–water partition coefficient (Wildman–Crippen LogP) is 3.21. The molecule has 2 heterocycles. The Labute approximate surface area is 151 Å². The SMILES string of the molecule is C[C@@H](SCc1ccccc1)C(=O)NCc1ccc(-n2ccnc2)nc1. The minimum Gasteiger partial charge on any atom is -0.351 e. The van der Waals surface area contributed by atoms with Crippen LogP contribution >= 0.6 is 11.8 Å². The molecule has 3 aromatic rings. The van der Waals surface area contributed by atoms with Gasteiger partial charge in [0.1, 0.15) is 12.1 Å². The van der Waals surface area contributed by atoms with Crippen LogP contribution in [0, 0.1) is 0 Å². The van der Waals surface area contributed by atoms with Crippen molar-refractivity contribution >= 4 is 17.7 Å². The Balaban J connectivity index is 1.46. The van der Waals surface area contributed by atoms with Crippen molar-refractivity contribution < 1.29 is 4.79 Å². The molecule has 0 unspecified atom stereocenters. The van der Waals surface area contributed by atoms with Crippen molar-refractivity contribution in [1.29, 1.82) is 0 Å². The molecule has 1 aromatic carbocycles. The number of hydrogen-bond acceptors (Lipinski definition) is 4. The summed E-state index contributed by atoms with van der Waals surface area (Å²) in [6.07, 6.45) is 7.03. The van der Waals surface area contributed by atoms with Crippen molar-refractivity contribution in [3.8, 4) is 5.82 Å². The van der Waals surface area contributed by atoms with E-state index in [0.717, 1.165) is 17.1 Å². The molecule has 5 nitrogen and oxygen atoms in total. The van der Waals surface area contributed by atoms with Crippen LogP contribution in [0.1, 0.15) is 18.1 Å². The summed E-state index contributed by atoms with van der Waals surface area (Å²) < 4.78 is 1.84. The molecule has 128 valence electrons. The van der Waals surface area contributed by atoms with Gasteiger partial charge in [0.05, 0.1) is 5.25 Å². The van der Waals surface area contributed by atoms with E-state index in [1.54, 1.807) is 30.5 Å². The topological polar surface area (TPSA) is 59.8 Å². The number of imidazole rings is 1. The Bertz CT molecular complexity index is 788. The molecule has 0 radical (unpaired) electrons. The summed E-state index contributed by atoms with van der Waals surface area (Å²) in [6, 6.07) is 14.1. The first-order chi connectivity index (χ1) is 12.2. The molecule has 1 amide bonds. The highest BCUT2D eigenvalue weighted by Gasteiger charge is 2.13. The van der Waals surface area contributed by atoms with Crippen molar-refractivity contribution in [2.45, 2.75) is 24.5 Å². The number of hydrogen-bond donors (Lipinski definition) is 1. The smallest absolute Gasteiger partial charge is 0.233 e. The van der Waals surface area contributed by atoms with Gasteiger partial charge < -0.3 is 5.32 Å². The molecular weight excluding hydrogens is 332 g/mol. The third-order valence-corrected chi connectivity index (χ3v) is 4.97. The largest absolute Gasteiger partial charge is 0.351 e. The van der Waals surface area contributed by atoms with Crippen molar-refractivity contribution in [3.63, 3.8) is 0 Å². The number of rotatable bonds is 7. The van der Waals surface area contributed by atoms with E-state index in [-0.39, 0.29) is 11.2 Å². The highest BCUT2D eigenvalue weighted by molar-refractivity contribution is 7.99. The average Bonchev–Trinajstić information content (AvgIpc) is 3.20. The number of thioether (sulfide) groups is 1. The first-order valence-electron chi connectivity index (χ1n) is 8.09. The van der Waals surface area contributed by atoms with Crippen LogP contribution in [0.2, 0.25) is 0 Å². The highest BCUT2D eigenvalue weighted by Crippen LogP contribution is 2.17. The molecule has 6 heteroatoms. The lowest BCUT2D eigenvalue weighted by molar-refractivity contribution is -0.120. The summed E-state index contributed by atoms with van der Waals surface area (Å²) >= 11 is 1.64. The van der Waals surface area contributed by atoms with Gasteiger partial charge in [0.25, 0.3) is 0 Å². The van der Waals surface area contributed by atoms with Crippen LogP contribution in [-0.2, 0) is 17.1 Å². The minimum atomic E-state index is -0.0987. The fraction of sp³-hybridized carbons (Fsp3) is 0.211. The molecule has 3 rings (SSSR count). The second kappa shape index (κ2) is 8.48. The van der Waals surface area contributed by atoms with Crippen molar-refractivity contribution in [2.24, 2.45) is 0 Å². The van der Waals surface area contributed by atoms with E-state index in [4.69, 9.17) is 0 Å². The van der Waals surface area contributed by atoms with E-state index in [0.29, 0.717) is 6.54 Å². The fourth-order valence-corrected chi connectivity index (χ4v) is 3.14. The van der Waals surface area contributed by atoms with E-state index in [1.165, 1.54) is 5.56 Å². The number of carbonyl (C=O) groups excluding carboxylic acids is 1. The van der Waals surface area contributed by atoms with E-state index in [2.05, 4.69) is 27.4 Å². The zero-order valence-electron chi connectivity index (χ0n) is 14.0. The van der Waals surface area contributed by atoms with Gasteiger partial charge in [-0.25, -0.2) is 9.97 Å². The molecule has 0 saturated heterocycles. The lowest BCUT2D eigenvalue weighted by atomic mass is 10.2. The molecule has 2 aromatic heterocycles. The Morgan fingerprint density at radius 3 is 2.72 bits per heavy atom. The Kier molecular flexibility index (Phi) is 5.85. The zero-order chi connectivity index (χ0) is 17.5. The van der Waals surface area contributed by atoms with Crippen molar-refractivity contribution in [3.05, 3.63) is 78.5 Å². The van der Waals surface area contributed by atoms with Crippen molar-refractivity contribution in [2.75, 3.05) is 0 Å². The molecule has 1 N–H and O–H groups in total. The third-order valence-electron chi connectivity index (χ3n) is 3.76. The summed E-state index contributed by atoms with van der Waals surface area (Å²) in [5.41, 5.74) is 2.20. The Morgan fingerprint density at radius 1 is 1.20 bits per heavy atom. The molecule has 0 bridgehead atoms. The van der Waals surface area contributed by atoms with E-state index < -0.39 is 0 Å². The number of amides is 1. The highest BCUT2D eigenvalue weighted by atomic mass is 32.2. The Morgan fingerprint density at radius 2 is 2.04 bits per heavy atom.